The zero-order valence-electron chi connectivity index (χ0n) is 12.6. The first-order valence-corrected chi connectivity index (χ1v) is 8.63. The number of benzene rings is 1. The number of hydrogen-bond donors (Lipinski definition) is 0. The van der Waals surface area contributed by atoms with E-state index in [2.05, 4.69) is 21.6 Å². The predicted octanol–water partition coefficient (Wildman–Crippen LogP) is 2.94. The molecule has 0 bridgehead atoms. The lowest BCUT2D eigenvalue weighted by Crippen LogP contribution is -2.41. The van der Waals surface area contributed by atoms with Crippen LogP contribution in [-0.4, -0.2) is 33.6 Å². The van der Waals surface area contributed by atoms with E-state index in [9.17, 15) is 0 Å². The van der Waals surface area contributed by atoms with Gasteiger partial charge in [-0.25, -0.2) is 4.98 Å². The first kappa shape index (κ1) is 12.2. The van der Waals surface area contributed by atoms with Crippen molar-refractivity contribution in [2.24, 2.45) is 0 Å². The number of hydrogen-bond acceptors (Lipinski definition) is 2. The summed E-state index contributed by atoms with van der Waals surface area (Å²) >= 11 is 0. The molecule has 1 aromatic carbocycles. The molecule has 1 aliphatic heterocycles. The molecule has 0 spiro atoms. The molecule has 5 rings (SSSR count). The summed E-state index contributed by atoms with van der Waals surface area (Å²) in [7, 11) is 0. The van der Waals surface area contributed by atoms with Crippen molar-refractivity contribution >= 4 is 11.0 Å². The van der Waals surface area contributed by atoms with Gasteiger partial charge in [0.1, 0.15) is 5.82 Å². The predicted molar refractivity (Wildman–Crippen MR) is 84.7 cm³/mol. The highest BCUT2D eigenvalue weighted by Crippen LogP contribution is 2.30. The van der Waals surface area contributed by atoms with Crippen molar-refractivity contribution < 1.29 is 0 Å². The van der Waals surface area contributed by atoms with Crippen LogP contribution >= 0.6 is 0 Å². The Kier molecular flexibility index (Phi) is 2.66. The Balaban J connectivity index is 1.52. The SMILES string of the molecule is c1c2c(cc3c1nc1n3CCN(C3CCC3)CC1)CCC2. The van der Waals surface area contributed by atoms with E-state index < -0.39 is 0 Å². The summed E-state index contributed by atoms with van der Waals surface area (Å²) in [5, 5.41) is 0. The Morgan fingerprint density at radius 3 is 2.57 bits per heavy atom. The number of aromatic nitrogens is 2. The average Bonchev–Trinajstić information content (AvgIpc) is 2.95. The fourth-order valence-corrected chi connectivity index (χ4v) is 4.38. The maximum Gasteiger partial charge on any atom is 0.111 e. The summed E-state index contributed by atoms with van der Waals surface area (Å²) in [6.45, 7) is 3.54. The van der Waals surface area contributed by atoms with Crippen LogP contribution in [-0.2, 0) is 25.8 Å². The largest absolute Gasteiger partial charge is 0.327 e. The van der Waals surface area contributed by atoms with Gasteiger partial charge in [0.05, 0.1) is 11.0 Å². The van der Waals surface area contributed by atoms with Gasteiger partial charge in [-0.15, -0.1) is 0 Å². The molecular weight excluding hydrogens is 258 g/mol. The molecule has 1 fully saturated rings. The summed E-state index contributed by atoms with van der Waals surface area (Å²) in [5.74, 6) is 1.32. The lowest BCUT2D eigenvalue weighted by atomic mass is 9.91. The maximum atomic E-state index is 4.96. The standard InChI is InChI=1S/C18H23N3/c1-3-13-11-16-17(12-14(13)4-1)21-10-9-20(15-5-2-6-15)8-7-18(21)19-16/h11-12,15H,1-10H2. The van der Waals surface area contributed by atoms with Crippen LogP contribution < -0.4 is 0 Å². The first-order chi connectivity index (χ1) is 10.4. The molecule has 0 saturated heterocycles. The summed E-state index contributed by atoms with van der Waals surface area (Å²) < 4.78 is 2.51. The summed E-state index contributed by atoms with van der Waals surface area (Å²) in [6, 6.07) is 5.67. The molecule has 110 valence electrons. The summed E-state index contributed by atoms with van der Waals surface area (Å²) in [6.07, 6.45) is 9.22. The third-order valence-corrected chi connectivity index (χ3v) is 5.87. The van der Waals surface area contributed by atoms with Crippen LogP contribution in [0, 0.1) is 0 Å². The Morgan fingerprint density at radius 1 is 0.905 bits per heavy atom. The Labute approximate surface area is 126 Å². The fourth-order valence-electron chi connectivity index (χ4n) is 4.38. The molecule has 3 nitrogen and oxygen atoms in total. The Morgan fingerprint density at radius 2 is 1.76 bits per heavy atom. The van der Waals surface area contributed by atoms with Crippen molar-refractivity contribution in [2.45, 2.75) is 57.5 Å². The van der Waals surface area contributed by atoms with Gasteiger partial charge in [0, 0.05) is 32.1 Å². The van der Waals surface area contributed by atoms with Gasteiger partial charge < -0.3 is 4.57 Å². The first-order valence-electron chi connectivity index (χ1n) is 8.63. The smallest absolute Gasteiger partial charge is 0.111 e. The quantitative estimate of drug-likeness (QED) is 0.801. The van der Waals surface area contributed by atoms with E-state index in [4.69, 9.17) is 4.98 Å². The Hall–Kier alpha value is -1.35. The molecule has 1 saturated carbocycles. The lowest BCUT2D eigenvalue weighted by molar-refractivity contribution is 0.130. The van der Waals surface area contributed by atoms with E-state index in [1.54, 1.807) is 11.1 Å². The second kappa shape index (κ2) is 4.57. The van der Waals surface area contributed by atoms with Crippen LogP contribution in [0.25, 0.3) is 11.0 Å². The van der Waals surface area contributed by atoms with Gasteiger partial charge in [0.2, 0.25) is 0 Å². The van der Waals surface area contributed by atoms with Crippen molar-refractivity contribution in [3.05, 3.63) is 29.1 Å². The molecule has 0 radical (unpaired) electrons. The van der Waals surface area contributed by atoms with Gasteiger partial charge in [0.15, 0.2) is 0 Å². The third-order valence-electron chi connectivity index (χ3n) is 5.87. The molecule has 2 aliphatic carbocycles. The zero-order valence-corrected chi connectivity index (χ0v) is 12.6. The number of aryl methyl sites for hydroxylation is 2. The van der Waals surface area contributed by atoms with Crippen molar-refractivity contribution in [1.29, 1.82) is 0 Å². The average molecular weight is 281 g/mol. The number of rotatable bonds is 1. The van der Waals surface area contributed by atoms with Crippen molar-refractivity contribution in [2.75, 3.05) is 13.1 Å². The topological polar surface area (TPSA) is 21.1 Å². The molecule has 0 atom stereocenters. The van der Waals surface area contributed by atoms with Gasteiger partial charge in [-0.1, -0.05) is 6.42 Å². The molecule has 0 unspecified atom stereocenters. The van der Waals surface area contributed by atoms with Crippen LogP contribution in [0.1, 0.15) is 42.6 Å². The molecule has 3 heteroatoms. The van der Waals surface area contributed by atoms with Crippen molar-refractivity contribution in [3.8, 4) is 0 Å². The van der Waals surface area contributed by atoms with Crippen LogP contribution in [0.5, 0.6) is 0 Å². The normalized spacial score (nSPS) is 22.9. The van der Waals surface area contributed by atoms with Gasteiger partial charge in [-0.2, -0.15) is 0 Å². The highest BCUT2D eigenvalue weighted by Gasteiger charge is 2.27. The van der Waals surface area contributed by atoms with Crippen LogP contribution in [0.4, 0.5) is 0 Å². The maximum absolute atomic E-state index is 4.96. The molecule has 1 aromatic heterocycles. The van der Waals surface area contributed by atoms with Gasteiger partial charge in [-0.05, 0) is 55.4 Å². The van der Waals surface area contributed by atoms with Crippen LogP contribution in [0.2, 0.25) is 0 Å². The van der Waals surface area contributed by atoms with Gasteiger partial charge in [0.25, 0.3) is 0 Å². The van der Waals surface area contributed by atoms with E-state index in [0.717, 1.165) is 19.0 Å². The van der Waals surface area contributed by atoms with Crippen molar-refractivity contribution in [1.82, 2.24) is 14.5 Å². The summed E-state index contributed by atoms with van der Waals surface area (Å²) in [4.78, 5) is 7.67. The minimum atomic E-state index is 0.866. The lowest BCUT2D eigenvalue weighted by Gasteiger charge is -2.36. The minimum absolute atomic E-state index is 0.866. The monoisotopic (exact) mass is 281 g/mol. The zero-order chi connectivity index (χ0) is 13.8. The molecule has 0 N–H and O–H groups in total. The molecule has 21 heavy (non-hydrogen) atoms. The highest BCUT2D eigenvalue weighted by atomic mass is 15.2. The third kappa shape index (κ3) is 1.87. The second-order valence-corrected chi connectivity index (χ2v) is 7.01. The minimum Gasteiger partial charge on any atom is -0.327 e. The molecule has 3 aliphatic rings. The molecule has 2 aromatic rings. The van der Waals surface area contributed by atoms with E-state index in [1.807, 2.05) is 0 Å². The van der Waals surface area contributed by atoms with E-state index in [1.165, 1.54) is 68.5 Å². The number of fused-ring (bicyclic) bond motifs is 4. The second-order valence-electron chi connectivity index (χ2n) is 7.01. The summed E-state index contributed by atoms with van der Waals surface area (Å²) in [5.41, 5.74) is 5.75. The fraction of sp³-hybridized carbons (Fsp3) is 0.611. The van der Waals surface area contributed by atoms with Crippen LogP contribution in [0.3, 0.4) is 0 Å². The Bertz CT molecular complexity index is 696. The van der Waals surface area contributed by atoms with E-state index in [-0.39, 0.29) is 0 Å². The number of nitrogens with zero attached hydrogens (tertiary/aromatic N) is 3. The molecule has 2 heterocycles. The van der Waals surface area contributed by atoms with E-state index in [0.29, 0.717) is 0 Å². The number of imidazole rings is 1. The molecular formula is C18H23N3. The van der Waals surface area contributed by atoms with Crippen molar-refractivity contribution in [3.63, 3.8) is 0 Å². The van der Waals surface area contributed by atoms with Gasteiger partial charge in [-0.3, -0.25) is 4.90 Å². The molecule has 0 amide bonds. The van der Waals surface area contributed by atoms with Crippen LogP contribution in [0.15, 0.2) is 12.1 Å². The highest BCUT2D eigenvalue weighted by molar-refractivity contribution is 5.78. The van der Waals surface area contributed by atoms with Gasteiger partial charge >= 0.3 is 0 Å². The van der Waals surface area contributed by atoms with E-state index >= 15 is 0 Å².